The Morgan fingerprint density at radius 1 is 1.75 bits per heavy atom. The Morgan fingerprint density at radius 3 is 3.00 bits per heavy atom. The zero-order chi connectivity index (χ0) is 5.82. The first-order valence-electron chi connectivity index (χ1n) is 2.74. The van der Waals surface area contributed by atoms with Crippen LogP contribution < -0.4 is 5.32 Å². The lowest BCUT2D eigenvalue weighted by Crippen LogP contribution is -2.39. The van der Waals surface area contributed by atoms with Gasteiger partial charge in [-0.1, -0.05) is 0 Å². The summed E-state index contributed by atoms with van der Waals surface area (Å²) >= 11 is 0. The number of hydrogen-bond acceptors (Lipinski definition) is 3. The van der Waals surface area contributed by atoms with Crippen molar-refractivity contribution in [3.8, 4) is 0 Å². The van der Waals surface area contributed by atoms with Crippen molar-refractivity contribution >= 4 is 0 Å². The smallest absolute Gasteiger partial charge is 0.0967 e. The fourth-order valence-corrected chi connectivity index (χ4v) is 0.693. The molecule has 3 nitrogen and oxygen atoms in total. The molecule has 1 unspecified atom stereocenters. The Morgan fingerprint density at radius 2 is 2.62 bits per heavy atom. The lowest BCUT2D eigenvalue weighted by Gasteiger charge is -2.21. The van der Waals surface area contributed by atoms with E-state index >= 15 is 0 Å². The van der Waals surface area contributed by atoms with E-state index in [1.165, 1.54) is 0 Å². The molecule has 1 aliphatic heterocycles. The molecule has 8 heavy (non-hydrogen) atoms. The molecule has 0 spiro atoms. The monoisotopic (exact) mass is 117 g/mol. The molecule has 1 fully saturated rings. The summed E-state index contributed by atoms with van der Waals surface area (Å²) in [6.07, 6.45) is 0.253. The first-order chi connectivity index (χ1) is 3.93. The molecule has 1 heterocycles. The van der Waals surface area contributed by atoms with Gasteiger partial charge in [-0.15, -0.1) is 0 Å². The van der Waals surface area contributed by atoms with Crippen molar-refractivity contribution in [3.63, 3.8) is 0 Å². The van der Waals surface area contributed by atoms with Crippen molar-refractivity contribution in [2.45, 2.75) is 6.10 Å². The summed E-state index contributed by atoms with van der Waals surface area (Å²) in [5.74, 6) is 0. The van der Waals surface area contributed by atoms with Gasteiger partial charge in [0, 0.05) is 13.7 Å². The molecule has 0 saturated carbocycles. The van der Waals surface area contributed by atoms with E-state index in [0.29, 0.717) is 6.73 Å². The topological polar surface area (TPSA) is 30.5 Å². The SMILES string of the molecule is COC1CNCOC1. The molecule has 1 saturated heterocycles. The number of rotatable bonds is 1. The summed E-state index contributed by atoms with van der Waals surface area (Å²) < 4.78 is 10.0. The predicted molar refractivity (Wildman–Crippen MR) is 29.6 cm³/mol. The average molecular weight is 117 g/mol. The number of hydrogen-bond donors (Lipinski definition) is 1. The molecule has 0 radical (unpaired) electrons. The number of nitrogens with one attached hydrogen (secondary N) is 1. The van der Waals surface area contributed by atoms with Gasteiger partial charge in [-0.05, 0) is 0 Å². The summed E-state index contributed by atoms with van der Waals surface area (Å²) in [5.41, 5.74) is 0. The highest BCUT2D eigenvalue weighted by atomic mass is 16.5. The van der Waals surface area contributed by atoms with Gasteiger partial charge >= 0.3 is 0 Å². The molecule has 3 heteroatoms. The maximum Gasteiger partial charge on any atom is 0.0967 e. The number of ether oxygens (including phenoxy) is 2. The summed E-state index contributed by atoms with van der Waals surface area (Å²) in [4.78, 5) is 0. The molecule has 0 aromatic rings. The first kappa shape index (κ1) is 6.01. The highest BCUT2D eigenvalue weighted by molar-refractivity contribution is 4.61. The summed E-state index contributed by atoms with van der Waals surface area (Å²) in [6, 6.07) is 0. The highest BCUT2D eigenvalue weighted by Gasteiger charge is 2.10. The van der Waals surface area contributed by atoms with Crippen LogP contribution in [0.1, 0.15) is 0 Å². The van der Waals surface area contributed by atoms with E-state index in [9.17, 15) is 0 Å². The van der Waals surface area contributed by atoms with E-state index in [-0.39, 0.29) is 6.10 Å². The van der Waals surface area contributed by atoms with Gasteiger partial charge in [0.2, 0.25) is 0 Å². The molecule has 48 valence electrons. The third-order valence-electron chi connectivity index (χ3n) is 1.21. The van der Waals surface area contributed by atoms with Crippen LogP contribution in [0.15, 0.2) is 0 Å². The molecule has 1 aliphatic rings. The van der Waals surface area contributed by atoms with Gasteiger partial charge in [0.15, 0.2) is 0 Å². The summed E-state index contributed by atoms with van der Waals surface area (Å²) in [5, 5.41) is 3.04. The van der Waals surface area contributed by atoms with E-state index in [4.69, 9.17) is 9.47 Å². The zero-order valence-corrected chi connectivity index (χ0v) is 5.02. The van der Waals surface area contributed by atoms with E-state index in [1.807, 2.05) is 0 Å². The van der Waals surface area contributed by atoms with Gasteiger partial charge < -0.3 is 9.47 Å². The van der Waals surface area contributed by atoms with Crippen LogP contribution in [0.25, 0.3) is 0 Å². The molecule has 0 amide bonds. The third-order valence-corrected chi connectivity index (χ3v) is 1.21. The van der Waals surface area contributed by atoms with Gasteiger partial charge in [0.1, 0.15) is 0 Å². The minimum atomic E-state index is 0.253. The van der Waals surface area contributed by atoms with Crippen LogP contribution in [0, 0.1) is 0 Å². The lowest BCUT2D eigenvalue weighted by molar-refractivity contribution is -0.0308. The normalized spacial score (nSPS) is 30.4. The van der Waals surface area contributed by atoms with Crippen LogP contribution in [-0.4, -0.2) is 33.1 Å². The second kappa shape index (κ2) is 3.02. The van der Waals surface area contributed by atoms with Crippen molar-refractivity contribution in [2.24, 2.45) is 0 Å². The van der Waals surface area contributed by atoms with E-state index in [0.717, 1.165) is 13.2 Å². The second-order valence-corrected chi connectivity index (χ2v) is 1.83. The first-order valence-corrected chi connectivity index (χ1v) is 2.74. The van der Waals surface area contributed by atoms with E-state index in [2.05, 4.69) is 5.32 Å². The minimum Gasteiger partial charge on any atom is -0.378 e. The fourth-order valence-electron chi connectivity index (χ4n) is 0.693. The van der Waals surface area contributed by atoms with Crippen molar-refractivity contribution in [3.05, 3.63) is 0 Å². The summed E-state index contributed by atoms with van der Waals surface area (Å²) in [6.45, 7) is 2.31. The maximum atomic E-state index is 5.04. The Labute approximate surface area is 49.0 Å². The predicted octanol–water partition coefficient (Wildman–Crippen LogP) is -0.421. The van der Waals surface area contributed by atoms with Crippen molar-refractivity contribution in [1.29, 1.82) is 0 Å². The zero-order valence-electron chi connectivity index (χ0n) is 5.02. The minimum absolute atomic E-state index is 0.253. The van der Waals surface area contributed by atoms with Crippen LogP contribution in [0.2, 0.25) is 0 Å². The standard InChI is InChI=1S/C5H11NO2/c1-7-5-2-6-4-8-3-5/h5-6H,2-4H2,1H3. The molecule has 1 atom stereocenters. The van der Waals surface area contributed by atoms with Crippen LogP contribution in [0.3, 0.4) is 0 Å². The molecule has 0 aliphatic carbocycles. The van der Waals surface area contributed by atoms with Gasteiger partial charge in [0.25, 0.3) is 0 Å². The van der Waals surface area contributed by atoms with Gasteiger partial charge in [-0.3, -0.25) is 5.32 Å². The van der Waals surface area contributed by atoms with Crippen LogP contribution in [0.4, 0.5) is 0 Å². The lowest BCUT2D eigenvalue weighted by atomic mass is 10.3. The van der Waals surface area contributed by atoms with Crippen molar-refractivity contribution in [1.82, 2.24) is 5.32 Å². The third kappa shape index (κ3) is 1.43. The number of methoxy groups -OCH3 is 1. The van der Waals surface area contributed by atoms with Gasteiger partial charge in [-0.2, -0.15) is 0 Å². The van der Waals surface area contributed by atoms with E-state index in [1.54, 1.807) is 7.11 Å². The second-order valence-electron chi connectivity index (χ2n) is 1.83. The van der Waals surface area contributed by atoms with Crippen LogP contribution in [-0.2, 0) is 9.47 Å². The van der Waals surface area contributed by atoms with Gasteiger partial charge in [-0.25, -0.2) is 0 Å². The van der Waals surface area contributed by atoms with Crippen molar-refractivity contribution < 1.29 is 9.47 Å². The maximum absolute atomic E-state index is 5.04. The Kier molecular flexibility index (Phi) is 2.27. The Balaban J connectivity index is 2.13. The molecular weight excluding hydrogens is 106 g/mol. The van der Waals surface area contributed by atoms with Crippen molar-refractivity contribution in [2.75, 3.05) is 27.0 Å². The molecule has 1 rings (SSSR count). The molecular formula is C5H11NO2. The summed E-state index contributed by atoms with van der Waals surface area (Å²) in [7, 11) is 1.70. The van der Waals surface area contributed by atoms with Gasteiger partial charge in [0.05, 0.1) is 19.4 Å². The largest absolute Gasteiger partial charge is 0.378 e. The molecule has 1 N–H and O–H groups in total. The Bertz CT molecular complexity index is 61.4. The van der Waals surface area contributed by atoms with Crippen LogP contribution >= 0.6 is 0 Å². The van der Waals surface area contributed by atoms with E-state index < -0.39 is 0 Å². The molecule has 0 aromatic heterocycles. The van der Waals surface area contributed by atoms with Crippen LogP contribution in [0.5, 0.6) is 0 Å². The fraction of sp³-hybridized carbons (Fsp3) is 1.00. The highest BCUT2D eigenvalue weighted by Crippen LogP contribution is 1.93. The quantitative estimate of drug-likeness (QED) is 0.506. The average Bonchev–Trinajstić information content (AvgIpc) is 1.90. The molecule has 0 aromatic carbocycles. The Hall–Kier alpha value is -0.120. The molecule has 0 bridgehead atoms.